The fourth-order valence-corrected chi connectivity index (χ4v) is 7.45. The van der Waals surface area contributed by atoms with Gasteiger partial charge in [0, 0.05) is 47.3 Å². The number of nitrogens with zero attached hydrogens (tertiary/aromatic N) is 5. The van der Waals surface area contributed by atoms with Crippen LogP contribution in [0, 0.1) is 5.92 Å². The topological polar surface area (TPSA) is 113 Å². The van der Waals surface area contributed by atoms with E-state index >= 15 is 0 Å². The van der Waals surface area contributed by atoms with E-state index in [1.807, 2.05) is 72.8 Å². The molecule has 46 heavy (non-hydrogen) atoms. The van der Waals surface area contributed by atoms with Crippen LogP contribution in [0.1, 0.15) is 18.4 Å². The van der Waals surface area contributed by atoms with Gasteiger partial charge in [0.15, 0.2) is 5.65 Å². The number of benzene rings is 3. The summed E-state index contributed by atoms with van der Waals surface area (Å²) in [6, 6.07) is 28.2. The van der Waals surface area contributed by atoms with E-state index in [0.717, 1.165) is 31.5 Å². The number of nitrogens with one attached hydrogen (secondary N) is 2. The minimum absolute atomic E-state index is 0.0779. The molecule has 2 aromatic heterocycles. The van der Waals surface area contributed by atoms with Crippen LogP contribution in [0.25, 0.3) is 16.9 Å². The first kappa shape index (κ1) is 30.3. The van der Waals surface area contributed by atoms with Gasteiger partial charge < -0.3 is 5.32 Å². The van der Waals surface area contributed by atoms with Crippen LogP contribution in [-0.4, -0.2) is 41.5 Å². The number of hydrogen-bond donors (Lipinski definition) is 2. The minimum Gasteiger partial charge on any atom is -0.340 e. The second kappa shape index (κ2) is 12.8. The van der Waals surface area contributed by atoms with Crippen molar-refractivity contribution in [3.05, 3.63) is 129 Å². The van der Waals surface area contributed by atoms with Gasteiger partial charge in [0.25, 0.3) is 10.0 Å². The minimum atomic E-state index is -3.88. The van der Waals surface area contributed by atoms with Gasteiger partial charge in [0.05, 0.1) is 37.2 Å². The summed E-state index contributed by atoms with van der Waals surface area (Å²) < 4.78 is 33.5. The molecule has 1 unspecified atom stereocenters. The number of halogens is 2. The predicted octanol–water partition coefficient (Wildman–Crippen LogP) is 7.65. The van der Waals surface area contributed by atoms with Crippen molar-refractivity contribution in [3.63, 3.8) is 0 Å². The number of aliphatic imine (C=N–C) groups is 2. The second-order valence-corrected chi connectivity index (χ2v) is 14.3. The van der Waals surface area contributed by atoms with E-state index in [2.05, 4.69) is 52.0 Å². The molecule has 0 amide bonds. The van der Waals surface area contributed by atoms with Crippen LogP contribution >= 0.6 is 31.9 Å². The Kier molecular flexibility index (Phi) is 8.41. The first-order valence-corrected chi connectivity index (χ1v) is 17.6. The number of dihydropyridines is 1. The zero-order valence-electron chi connectivity index (χ0n) is 24.3. The Bertz CT molecular complexity index is 2160. The average Bonchev–Trinajstić information content (AvgIpc) is 3.44. The highest BCUT2D eigenvalue weighted by molar-refractivity contribution is 9.12. The van der Waals surface area contributed by atoms with Gasteiger partial charge in [-0.05, 0) is 75.0 Å². The normalized spacial score (nSPS) is 17.8. The number of fused-ring (bicyclic) bond motifs is 2. The molecule has 0 spiro atoms. The number of hydrogen-bond acceptors (Lipinski definition) is 7. The Morgan fingerprint density at radius 3 is 2.35 bits per heavy atom. The van der Waals surface area contributed by atoms with Crippen LogP contribution in [0.2, 0.25) is 0 Å². The molecule has 230 valence electrons. The van der Waals surface area contributed by atoms with E-state index in [1.165, 1.54) is 0 Å². The molecular weight excluding hydrogens is 730 g/mol. The highest BCUT2D eigenvalue weighted by atomic mass is 79.9. The Hall–Kier alpha value is -4.39. The molecule has 4 heterocycles. The number of rotatable bonds is 7. The van der Waals surface area contributed by atoms with Crippen LogP contribution in [0.15, 0.2) is 138 Å². The Morgan fingerprint density at radius 2 is 1.61 bits per heavy atom. The van der Waals surface area contributed by atoms with Crippen molar-refractivity contribution >= 4 is 71.0 Å². The lowest BCUT2D eigenvalue weighted by Crippen LogP contribution is -2.26. The molecule has 7 rings (SSSR count). The summed E-state index contributed by atoms with van der Waals surface area (Å²) in [4.78, 5) is 14.4. The first-order valence-electron chi connectivity index (χ1n) is 14.6. The molecule has 5 aromatic rings. The summed E-state index contributed by atoms with van der Waals surface area (Å²) in [5.74, 6) is 0.761. The molecule has 12 heteroatoms. The van der Waals surface area contributed by atoms with Gasteiger partial charge in [0.1, 0.15) is 5.82 Å². The van der Waals surface area contributed by atoms with Gasteiger partial charge >= 0.3 is 0 Å². The maximum atomic E-state index is 13.6. The molecule has 0 saturated carbocycles. The fourth-order valence-electron chi connectivity index (χ4n) is 5.43. The Labute approximate surface area is 283 Å². The van der Waals surface area contributed by atoms with Crippen LogP contribution in [0.4, 0.5) is 11.5 Å². The lowest BCUT2D eigenvalue weighted by atomic mass is 9.94. The monoisotopic (exact) mass is 755 g/mol. The van der Waals surface area contributed by atoms with Crippen LogP contribution in [0.3, 0.4) is 0 Å². The highest BCUT2D eigenvalue weighted by Crippen LogP contribution is 2.32. The second-order valence-electron chi connectivity index (χ2n) is 10.9. The number of aromatic nitrogens is 3. The van der Waals surface area contributed by atoms with Gasteiger partial charge in [0.2, 0.25) is 0 Å². The summed E-state index contributed by atoms with van der Waals surface area (Å²) in [7, 11) is -3.88. The molecule has 2 N–H and O–H groups in total. The Morgan fingerprint density at radius 1 is 0.891 bits per heavy atom. The lowest BCUT2D eigenvalue weighted by Gasteiger charge is -2.24. The van der Waals surface area contributed by atoms with Gasteiger partial charge in [-0.1, -0.05) is 60.7 Å². The van der Waals surface area contributed by atoms with Crippen molar-refractivity contribution < 1.29 is 8.42 Å². The number of allylic oxidation sites excluding steroid dienone is 3. The quantitative estimate of drug-likeness (QED) is 0.177. The van der Waals surface area contributed by atoms with Gasteiger partial charge in [-0.25, -0.2) is 13.4 Å². The number of anilines is 2. The van der Waals surface area contributed by atoms with Crippen molar-refractivity contribution in [3.8, 4) is 11.3 Å². The molecule has 0 radical (unpaired) electrons. The molecule has 3 aromatic carbocycles. The summed E-state index contributed by atoms with van der Waals surface area (Å²) in [5, 5.41) is 7.83. The third kappa shape index (κ3) is 6.33. The van der Waals surface area contributed by atoms with E-state index < -0.39 is 10.0 Å². The van der Waals surface area contributed by atoms with Crippen molar-refractivity contribution in [2.75, 3.05) is 11.9 Å². The fraction of sp³-hybridized carbons (Fsp3) is 0.118. The Balaban J connectivity index is 1.16. The van der Waals surface area contributed by atoms with E-state index in [1.54, 1.807) is 41.2 Å². The third-order valence-corrected chi connectivity index (χ3v) is 10.3. The molecular formula is C34H27Br2N7O2S. The first-order chi connectivity index (χ1) is 22.3. The van der Waals surface area contributed by atoms with Crippen molar-refractivity contribution in [1.29, 1.82) is 0 Å². The summed E-state index contributed by atoms with van der Waals surface area (Å²) in [5.41, 5.74) is 6.20. The maximum Gasteiger partial charge on any atom is 0.261 e. The third-order valence-electron chi connectivity index (χ3n) is 7.75. The van der Waals surface area contributed by atoms with E-state index in [0.29, 0.717) is 47.9 Å². The standard InChI is InChI=1S/C34H27Br2N7O2S/c35-28-20-37-19-24-11-12-26(17-30(40-33(24)28)22-7-3-1-4-8-22)42-46(44,45)27-15-13-25(14-16-27)39-32-18-31(23-9-5-2-6-10-23)41-34-29(36)21-38-43(32)34/h1-10,13-18,20-21,24,39,42H,11-12,19H2/b26-17+,40-30?. The zero-order valence-corrected chi connectivity index (χ0v) is 28.3. The summed E-state index contributed by atoms with van der Waals surface area (Å²) >= 11 is 7.16. The molecule has 0 saturated heterocycles. The molecule has 2 aliphatic rings. The van der Waals surface area contributed by atoms with Crippen molar-refractivity contribution in [2.24, 2.45) is 15.9 Å². The van der Waals surface area contributed by atoms with Crippen LogP contribution in [-0.2, 0) is 10.0 Å². The van der Waals surface area contributed by atoms with Crippen LogP contribution in [0.5, 0.6) is 0 Å². The van der Waals surface area contributed by atoms with Gasteiger partial charge in [-0.2, -0.15) is 9.61 Å². The molecule has 0 fully saturated rings. The zero-order chi connectivity index (χ0) is 31.7. The van der Waals surface area contributed by atoms with Crippen molar-refractivity contribution in [2.45, 2.75) is 17.7 Å². The highest BCUT2D eigenvalue weighted by Gasteiger charge is 2.25. The average molecular weight is 758 g/mol. The number of sulfonamides is 1. The maximum absolute atomic E-state index is 13.6. The predicted molar refractivity (Wildman–Crippen MR) is 189 cm³/mol. The molecule has 1 atom stereocenters. The van der Waals surface area contributed by atoms with E-state index in [9.17, 15) is 8.42 Å². The summed E-state index contributed by atoms with van der Waals surface area (Å²) in [6.45, 7) is 0.608. The van der Waals surface area contributed by atoms with Crippen molar-refractivity contribution in [1.82, 2.24) is 19.3 Å². The molecule has 0 aliphatic carbocycles. The lowest BCUT2D eigenvalue weighted by molar-refractivity contribution is 0.549. The van der Waals surface area contributed by atoms with Gasteiger partial charge in [-0.15, -0.1) is 0 Å². The smallest absolute Gasteiger partial charge is 0.261 e. The molecule has 9 nitrogen and oxygen atoms in total. The summed E-state index contributed by atoms with van der Waals surface area (Å²) in [6.07, 6.45) is 6.55. The van der Waals surface area contributed by atoms with E-state index in [-0.39, 0.29) is 10.8 Å². The molecule has 0 bridgehead atoms. The van der Waals surface area contributed by atoms with Crippen LogP contribution < -0.4 is 10.0 Å². The SMILES string of the molecule is O=S(=O)(N/C1=C/C(c2ccccc2)=NC2=C(Br)C=NCC2CC1)c1ccc(Nc2cc(-c3ccccc3)nc3c(Br)cnn23)cc1. The largest absolute Gasteiger partial charge is 0.340 e. The molecule has 2 aliphatic heterocycles. The van der Waals surface area contributed by atoms with E-state index in [4.69, 9.17) is 9.98 Å². The van der Waals surface area contributed by atoms with Gasteiger partial charge in [-0.3, -0.25) is 14.7 Å².